The largest absolute Gasteiger partial charge is 0.391 e. The maximum Gasteiger partial charge on any atom is 0.246 e. The first-order chi connectivity index (χ1) is 39.2. The molecule has 0 aromatic carbocycles. The van der Waals surface area contributed by atoms with Gasteiger partial charge >= 0.3 is 0 Å². The molecule has 82 heavy (non-hydrogen) atoms. The van der Waals surface area contributed by atoms with Gasteiger partial charge in [-0.15, -0.1) is 23.5 Å². The van der Waals surface area contributed by atoms with Gasteiger partial charge in [-0.05, 0) is 118 Å². The average molecular weight is 1210 g/mol. The highest BCUT2D eigenvalue weighted by Crippen LogP contribution is 2.44. The molecule has 7 rings (SSSR count). The number of amides is 6. The molecule has 4 heterocycles. The van der Waals surface area contributed by atoms with E-state index in [0.29, 0.717) is 85.2 Å². The van der Waals surface area contributed by atoms with Gasteiger partial charge in [0.15, 0.2) is 0 Å². The first kappa shape index (κ1) is 66.8. The van der Waals surface area contributed by atoms with Crippen LogP contribution < -0.4 is 37.2 Å². The summed E-state index contributed by atoms with van der Waals surface area (Å²) in [5, 5.41) is 33.7. The molecule has 3 aliphatic carbocycles. The number of unbranched alkanes of at least 4 members (excludes halogenated alkanes) is 10. The summed E-state index contributed by atoms with van der Waals surface area (Å²) in [7, 11) is -3.33. The van der Waals surface area contributed by atoms with Crippen LogP contribution in [0.4, 0.5) is 0 Å². The molecule has 0 radical (unpaired) electrons. The SMILES string of the molecule is CC1NCSC1C1CCC(CNC(=O)[C@@H]2C[C@@H](O)CN2C(=O)[C@@H](NC(=O)CCCCCCCCCCCCCC(=O)NCC2CCCC(C3CCCC(C4CSC(NC(=O)CNC(=O)C5CCN(S(C)(=O)=O)C5)N4)C3)C2)C(C)(C)C)CC1. The standard InChI is InChI=1S/C61H107N9O9S3/c1-41-55(81-40-65-41)44-27-25-42(26-28-44)34-63-58(76)51-33-49(71)38-70(51)59(77)56(61(2,3)4)67-53(73)24-16-14-12-10-8-6-7-9-11-13-15-23-52(72)62-35-43-19-17-20-45(31-43)46-21-18-22-47(32-46)50-39-80-60(66-50)68-54(74)36-64-57(75)48-29-30-69(37-48)82(5,78)79/h41-51,55-56,60,65-66,71H,6-40H2,1-5H3,(H,62,72)(H,63,76)(H,64,75)(H,67,73)(H,68,74)/t41?,42?,43?,44?,45?,46?,47?,48?,49-,50?,51+,55?,56-,60?/m1/s1. The van der Waals surface area contributed by atoms with E-state index < -0.39 is 39.5 Å². The summed E-state index contributed by atoms with van der Waals surface area (Å²) >= 11 is 3.74. The summed E-state index contributed by atoms with van der Waals surface area (Å²) in [5.41, 5.74) is -0.770. The highest BCUT2D eigenvalue weighted by atomic mass is 32.2. The van der Waals surface area contributed by atoms with Crippen molar-refractivity contribution >= 4 is 69.0 Å². The van der Waals surface area contributed by atoms with E-state index in [2.05, 4.69) is 44.1 Å². The number of aliphatic hydroxyl groups excluding tert-OH is 1. The van der Waals surface area contributed by atoms with Crippen LogP contribution in [-0.2, 0) is 38.8 Å². The lowest BCUT2D eigenvalue weighted by Gasteiger charge is -2.40. The van der Waals surface area contributed by atoms with Gasteiger partial charge in [0.1, 0.15) is 17.6 Å². The monoisotopic (exact) mass is 1210 g/mol. The summed E-state index contributed by atoms with van der Waals surface area (Å²) < 4.78 is 25.0. The number of sulfonamides is 1. The molecule has 12 atom stereocenters. The van der Waals surface area contributed by atoms with E-state index in [1.807, 2.05) is 32.5 Å². The second kappa shape index (κ2) is 32.9. The number of likely N-dealkylation sites (tertiary alicyclic amines) is 1. The molecule has 4 aliphatic heterocycles. The molecule has 7 aliphatic rings. The predicted octanol–water partition coefficient (Wildman–Crippen LogP) is 6.76. The second-order valence-corrected chi connectivity index (χ2v) is 31.4. The molecule has 8 N–H and O–H groups in total. The number of rotatable bonds is 29. The van der Waals surface area contributed by atoms with E-state index >= 15 is 0 Å². The maximum atomic E-state index is 14.1. The second-order valence-electron chi connectivity index (χ2n) is 27.1. The molecule has 0 spiro atoms. The van der Waals surface area contributed by atoms with Crippen molar-refractivity contribution in [1.29, 1.82) is 0 Å². The Kier molecular flexibility index (Phi) is 26.8. The Hall–Kier alpha value is -2.69. The number of β-amino-alcohol motifs (C(OH)–C–C–N with tert-alkyl or cyclic N) is 1. The first-order valence-corrected chi connectivity index (χ1v) is 36.2. The Morgan fingerprint density at radius 1 is 0.659 bits per heavy atom. The van der Waals surface area contributed by atoms with Crippen LogP contribution in [0.15, 0.2) is 0 Å². The molecule has 9 unspecified atom stereocenters. The highest BCUT2D eigenvalue weighted by molar-refractivity contribution is 8.00. The van der Waals surface area contributed by atoms with Crippen molar-refractivity contribution in [3.63, 3.8) is 0 Å². The molecule has 468 valence electrons. The summed E-state index contributed by atoms with van der Waals surface area (Å²) in [6, 6.07) is -0.665. The highest BCUT2D eigenvalue weighted by Gasteiger charge is 2.45. The molecular weight excluding hydrogens is 1100 g/mol. The number of thioether (sulfide) groups is 2. The van der Waals surface area contributed by atoms with Crippen LogP contribution in [0.25, 0.3) is 0 Å². The van der Waals surface area contributed by atoms with E-state index in [-0.39, 0.29) is 67.0 Å². The number of hydrogen-bond acceptors (Lipinski definition) is 13. The van der Waals surface area contributed by atoms with E-state index in [9.17, 15) is 42.3 Å². The number of carbonyl (C=O) groups is 6. The average Bonchev–Trinajstić information content (AvgIpc) is 4.33. The minimum Gasteiger partial charge on any atom is -0.391 e. The van der Waals surface area contributed by atoms with Crippen LogP contribution >= 0.6 is 23.5 Å². The van der Waals surface area contributed by atoms with Crippen LogP contribution in [0.1, 0.15) is 201 Å². The maximum absolute atomic E-state index is 14.1. The van der Waals surface area contributed by atoms with Gasteiger partial charge in [0, 0.05) is 80.9 Å². The van der Waals surface area contributed by atoms with Crippen LogP contribution in [-0.4, -0.2) is 156 Å². The third-order valence-corrected chi connectivity index (χ3v) is 23.5. The minimum absolute atomic E-state index is 0.0881. The summed E-state index contributed by atoms with van der Waals surface area (Å²) in [4.78, 5) is 80.7. The zero-order valence-electron chi connectivity index (χ0n) is 50.7. The zero-order chi connectivity index (χ0) is 58.8. The Morgan fingerprint density at radius 2 is 1.28 bits per heavy atom. The molecule has 0 aromatic rings. The van der Waals surface area contributed by atoms with Gasteiger partial charge in [-0.3, -0.25) is 34.1 Å². The molecular formula is C61H107N9O9S3. The zero-order valence-corrected chi connectivity index (χ0v) is 53.1. The smallest absolute Gasteiger partial charge is 0.246 e. The molecule has 21 heteroatoms. The molecule has 7 fully saturated rings. The van der Waals surface area contributed by atoms with Gasteiger partial charge in [0.05, 0.1) is 24.8 Å². The van der Waals surface area contributed by atoms with Crippen LogP contribution in [0.2, 0.25) is 0 Å². The van der Waals surface area contributed by atoms with Gasteiger partial charge in [-0.1, -0.05) is 104 Å². The van der Waals surface area contributed by atoms with Gasteiger partial charge in [-0.25, -0.2) is 12.7 Å². The number of aliphatic hydroxyl groups is 1. The minimum atomic E-state index is -3.33. The van der Waals surface area contributed by atoms with Crippen LogP contribution in [0.3, 0.4) is 0 Å². The van der Waals surface area contributed by atoms with Crippen molar-refractivity contribution in [2.24, 2.45) is 46.8 Å². The lowest BCUT2D eigenvalue weighted by molar-refractivity contribution is -0.144. The summed E-state index contributed by atoms with van der Waals surface area (Å²) in [5.74, 6) is 4.16. The van der Waals surface area contributed by atoms with E-state index in [1.54, 1.807) is 11.8 Å². The predicted molar refractivity (Wildman–Crippen MR) is 328 cm³/mol. The van der Waals surface area contributed by atoms with Crippen molar-refractivity contribution in [3.8, 4) is 0 Å². The normalized spacial score (nSPS) is 31.3. The molecule has 4 saturated heterocycles. The van der Waals surface area contributed by atoms with Gasteiger partial charge in [-0.2, -0.15) is 0 Å². The van der Waals surface area contributed by atoms with Crippen molar-refractivity contribution in [1.82, 2.24) is 46.4 Å². The van der Waals surface area contributed by atoms with E-state index in [1.165, 1.54) is 99.1 Å². The molecule has 0 bridgehead atoms. The first-order valence-electron chi connectivity index (χ1n) is 32.3. The molecule has 0 aromatic heterocycles. The van der Waals surface area contributed by atoms with Crippen LogP contribution in [0.5, 0.6) is 0 Å². The van der Waals surface area contributed by atoms with Crippen molar-refractivity contribution in [2.45, 2.75) is 242 Å². The fourth-order valence-corrected chi connectivity index (χ4v) is 18.3. The third kappa shape index (κ3) is 21.0. The fourth-order valence-electron chi connectivity index (χ4n) is 14.6. The number of hydrogen-bond donors (Lipinski definition) is 8. The topological polar surface area (TPSA) is 247 Å². The summed E-state index contributed by atoms with van der Waals surface area (Å²) in [6.45, 7) is 9.89. The van der Waals surface area contributed by atoms with Crippen LogP contribution in [0, 0.1) is 46.8 Å². The number of nitrogens with one attached hydrogen (secondary N) is 7. The van der Waals surface area contributed by atoms with Gasteiger partial charge < -0.3 is 41.9 Å². The third-order valence-electron chi connectivity index (χ3n) is 19.6. The molecule has 3 saturated carbocycles. The Labute approximate surface area is 501 Å². The Morgan fingerprint density at radius 3 is 1.91 bits per heavy atom. The van der Waals surface area contributed by atoms with Crippen molar-refractivity contribution < 1.29 is 42.3 Å². The Balaban J connectivity index is 0.669. The Bertz CT molecular complexity index is 2180. The number of nitrogens with zero attached hydrogens (tertiary/aromatic N) is 2. The number of carbonyl (C=O) groups excluding carboxylic acids is 6. The fraction of sp³-hybridized carbons (Fsp3) is 0.902. The lowest BCUT2D eigenvalue weighted by Crippen LogP contribution is -2.58. The van der Waals surface area contributed by atoms with Crippen molar-refractivity contribution in [2.75, 3.05) is 57.2 Å². The molecule has 18 nitrogen and oxygen atoms in total. The lowest BCUT2D eigenvalue weighted by atomic mass is 9.67. The van der Waals surface area contributed by atoms with Crippen molar-refractivity contribution in [3.05, 3.63) is 0 Å². The summed E-state index contributed by atoms with van der Waals surface area (Å²) in [6.07, 6.45) is 28.1. The quantitative estimate of drug-likeness (QED) is 0.0362. The van der Waals surface area contributed by atoms with E-state index in [4.69, 9.17) is 0 Å². The van der Waals surface area contributed by atoms with E-state index in [0.717, 1.165) is 82.2 Å². The molecule has 6 amide bonds. The van der Waals surface area contributed by atoms with Gasteiger partial charge in [0.25, 0.3) is 0 Å². The van der Waals surface area contributed by atoms with Gasteiger partial charge in [0.2, 0.25) is 45.5 Å².